The van der Waals surface area contributed by atoms with Crippen LogP contribution in [0.15, 0.2) is 48.6 Å². The van der Waals surface area contributed by atoms with Crippen molar-refractivity contribution in [2.75, 3.05) is 26.4 Å². The lowest BCUT2D eigenvalue weighted by molar-refractivity contribution is -0.161. The maximum atomic E-state index is 12.6. The molecule has 0 aliphatic rings. The number of carbonyl (C=O) groups excluding carboxylic acids is 2. The van der Waals surface area contributed by atoms with E-state index in [1.54, 1.807) is 18.2 Å². The highest BCUT2D eigenvalue weighted by molar-refractivity contribution is 7.47. The largest absolute Gasteiger partial charge is 0.472 e. The molecular formula is C40H72O14P2. The quantitative estimate of drug-likeness (QED) is 0.0130. The van der Waals surface area contributed by atoms with Crippen LogP contribution in [0.25, 0.3) is 0 Å². The highest BCUT2D eigenvalue weighted by Crippen LogP contribution is 2.43. The van der Waals surface area contributed by atoms with Crippen molar-refractivity contribution in [3.05, 3.63) is 48.6 Å². The molecule has 14 nitrogen and oxygen atoms in total. The Balaban J connectivity index is 4.75. The van der Waals surface area contributed by atoms with Crippen LogP contribution in [0, 0.1) is 5.92 Å². The molecule has 0 aromatic rings. The molecule has 2 unspecified atom stereocenters. The number of phosphoric ester groups is 2. The summed E-state index contributed by atoms with van der Waals surface area (Å²) in [5.41, 5.74) is 0. The number of esters is 2. The van der Waals surface area contributed by atoms with Gasteiger partial charge in [0.1, 0.15) is 12.7 Å². The maximum Gasteiger partial charge on any atom is 0.472 e. The first-order valence-corrected chi connectivity index (χ1v) is 23.3. The van der Waals surface area contributed by atoms with Gasteiger partial charge in [-0.05, 0) is 50.9 Å². The zero-order chi connectivity index (χ0) is 41.9. The fourth-order valence-corrected chi connectivity index (χ4v) is 6.23. The van der Waals surface area contributed by atoms with Crippen molar-refractivity contribution >= 4 is 27.6 Å². The zero-order valence-electron chi connectivity index (χ0n) is 34.0. The number of carbonyl (C=O) groups is 2. The van der Waals surface area contributed by atoms with Gasteiger partial charge in [0.05, 0.1) is 25.9 Å². The molecule has 4 atom stereocenters. The van der Waals surface area contributed by atoms with Crippen molar-refractivity contribution in [2.45, 2.75) is 161 Å². The molecule has 0 radical (unpaired) electrons. The summed E-state index contributed by atoms with van der Waals surface area (Å²) in [5, 5.41) is 19.8. The van der Waals surface area contributed by atoms with E-state index in [2.05, 4.69) is 42.0 Å². The first-order valence-electron chi connectivity index (χ1n) is 20.3. The molecule has 0 aliphatic heterocycles. The molecule has 0 saturated heterocycles. The lowest BCUT2D eigenvalue weighted by Gasteiger charge is -2.20. The summed E-state index contributed by atoms with van der Waals surface area (Å²) in [4.78, 5) is 52.5. The van der Waals surface area contributed by atoms with Gasteiger partial charge in [0.2, 0.25) is 0 Å². The summed E-state index contributed by atoms with van der Waals surface area (Å²) in [6.45, 7) is 3.80. The first kappa shape index (κ1) is 54.0. The van der Waals surface area contributed by atoms with Gasteiger partial charge in [0, 0.05) is 12.8 Å². The van der Waals surface area contributed by atoms with E-state index in [1.165, 1.54) is 51.4 Å². The van der Waals surface area contributed by atoms with E-state index in [1.807, 2.05) is 18.2 Å². The van der Waals surface area contributed by atoms with E-state index in [4.69, 9.17) is 23.8 Å². The number of hydrogen-bond donors (Lipinski definition) is 5. The highest BCUT2D eigenvalue weighted by Gasteiger charge is 2.28. The van der Waals surface area contributed by atoms with Crippen LogP contribution in [-0.4, -0.2) is 81.6 Å². The Morgan fingerprint density at radius 1 is 0.643 bits per heavy atom. The molecule has 0 heterocycles. The molecule has 56 heavy (non-hydrogen) atoms. The van der Waals surface area contributed by atoms with Gasteiger partial charge in [-0.3, -0.25) is 23.2 Å². The molecular weight excluding hydrogens is 766 g/mol. The minimum absolute atomic E-state index is 0.00422. The van der Waals surface area contributed by atoms with Crippen LogP contribution in [0.4, 0.5) is 0 Å². The molecule has 5 N–H and O–H groups in total. The van der Waals surface area contributed by atoms with E-state index >= 15 is 0 Å². The number of ether oxygens (including phenoxy) is 2. The molecule has 0 spiro atoms. The molecule has 0 aromatic carbocycles. The Kier molecular flexibility index (Phi) is 33.8. The van der Waals surface area contributed by atoms with Gasteiger partial charge in [-0.1, -0.05) is 134 Å². The summed E-state index contributed by atoms with van der Waals surface area (Å²) in [6, 6.07) is 0. The lowest BCUT2D eigenvalue weighted by atomic mass is 10.0. The number of aliphatic hydroxyl groups is 2. The highest BCUT2D eigenvalue weighted by atomic mass is 31.2. The van der Waals surface area contributed by atoms with Gasteiger partial charge in [0.15, 0.2) is 6.10 Å². The Morgan fingerprint density at radius 3 is 1.93 bits per heavy atom. The molecule has 16 heteroatoms. The fraction of sp³-hybridized carbons (Fsp3) is 0.750. The van der Waals surface area contributed by atoms with Crippen LogP contribution in [0.3, 0.4) is 0 Å². The van der Waals surface area contributed by atoms with E-state index in [-0.39, 0.29) is 12.8 Å². The van der Waals surface area contributed by atoms with Crippen LogP contribution in [0.1, 0.15) is 143 Å². The first-order chi connectivity index (χ1) is 26.6. The summed E-state index contributed by atoms with van der Waals surface area (Å²) in [5.74, 6) is -0.433. The van der Waals surface area contributed by atoms with Crippen molar-refractivity contribution in [3.63, 3.8) is 0 Å². The van der Waals surface area contributed by atoms with E-state index in [0.29, 0.717) is 25.7 Å². The van der Waals surface area contributed by atoms with E-state index < -0.39 is 72.3 Å². The van der Waals surface area contributed by atoms with Gasteiger partial charge in [-0.2, -0.15) is 0 Å². The van der Waals surface area contributed by atoms with Crippen molar-refractivity contribution in [3.8, 4) is 0 Å². The summed E-state index contributed by atoms with van der Waals surface area (Å²) in [6.07, 6.45) is 28.8. The fourth-order valence-electron chi connectivity index (χ4n) is 5.07. The zero-order valence-corrected chi connectivity index (χ0v) is 35.8. The summed E-state index contributed by atoms with van der Waals surface area (Å²) >= 11 is 0. The van der Waals surface area contributed by atoms with Crippen LogP contribution < -0.4 is 0 Å². The number of hydrogen-bond acceptors (Lipinski definition) is 11. The number of allylic oxidation sites excluding steroid dienone is 6. The Labute approximate surface area is 335 Å². The number of rotatable bonds is 37. The van der Waals surface area contributed by atoms with Gasteiger partial charge in [-0.15, -0.1) is 0 Å². The van der Waals surface area contributed by atoms with Gasteiger partial charge in [0.25, 0.3) is 0 Å². The molecule has 0 amide bonds. The Hall–Kier alpha value is -1.96. The van der Waals surface area contributed by atoms with Crippen molar-refractivity contribution < 1.29 is 66.7 Å². The molecule has 326 valence electrons. The topological polar surface area (TPSA) is 216 Å². The van der Waals surface area contributed by atoms with Crippen molar-refractivity contribution in [1.29, 1.82) is 0 Å². The predicted octanol–water partition coefficient (Wildman–Crippen LogP) is 8.72. The standard InChI is InChI=1S/C40H72O14P2/c1-4-5-6-7-8-9-13-17-22-27-36(41)28-23-18-15-20-25-30-40(44)54-38(34-53-56(48,49)52-32-37(42)31-51-55(45,46)47)33-50-39(43)29-24-19-14-11-10-12-16-21-26-35(2)3/h8-9,15,17-18,22-23,28,35-38,41-42H,4-7,10-14,16,19-21,24-27,29-34H2,1-3H3,(H,48,49)(H2,45,46,47)/b9-8-,18-15+,22-17-,28-23-/t36?,37-,38+/m0/s1. The van der Waals surface area contributed by atoms with Gasteiger partial charge >= 0.3 is 27.6 Å². The average Bonchev–Trinajstić information content (AvgIpc) is 3.13. The van der Waals surface area contributed by atoms with Gasteiger partial charge in [-0.25, -0.2) is 9.13 Å². The number of unbranched alkanes of at least 4 members (excludes halogenated alkanes) is 11. The smallest absolute Gasteiger partial charge is 0.462 e. The monoisotopic (exact) mass is 838 g/mol. The van der Waals surface area contributed by atoms with Crippen LogP contribution in [0.2, 0.25) is 0 Å². The predicted molar refractivity (Wildman–Crippen MR) is 217 cm³/mol. The maximum absolute atomic E-state index is 12.6. The molecule has 0 saturated carbocycles. The average molecular weight is 839 g/mol. The second-order valence-corrected chi connectivity index (χ2v) is 16.9. The third-order valence-corrected chi connectivity index (χ3v) is 9.66. The third kappa shape index (κ3) is 38.9. The van der Waals surface area contributed by atoms with Crippen LogP contribution in [-0.2, 0) is 41.8 Å². The Morgan fingerprint density at radius 2 is 1.25 bits per heavy atom. The van der Waals surface area contributed by atoms with Crippen LogP contribution >= 0.6 is 15.6 Å². The molecule has 0 aliphatic carbocycles. The molecule has 0 rings (SSSR count). The normalized spacial score (nSPS) is 15.3. The lowest BCUT2D eigenvalue weighted by Crippen LogP contribution is -2.29. The van der Waals surface area contributed by atoms with E-state index in [0.717, 1.165) is 38.0 Å². The molecule has 0 bridgehead atoms. The van der Waals surface area contributed by atoms with Crippen molar-refractivity contribution in [1.82, 2.24) is 0 Å². The number of phosphoric acid groups is 2. The van der Waals surface area contributed by atoms with Crippen LogP contribution in [0.5, 0.6) is 0 Å². The minimum atomic E-state index is -4.88. The molecule has 0 fully saturated rings. The minimum Gasteiger partial charge on any atom is -0.462 e. The molecule has 0 aromatic heterocycles. The number of aliphatic hydroxyl groups excluding tert-OH is 2. The summed E-state index contributed by atoms with van der Waals surface area (Å²) < 4.78 is 47.5. The Bertz CT molecular complexity index is 1210. The third-order valence-electron chi connectivity index (χ3n) is 8.22. The second-order valence-electron chi connectivity index (χ2n) is 14.2. The summed E-state index contributed by atoms with van der Waals surface area (Å²) in [7, 11) is -9.72. The SMILES string of the molecule is CCCCC/C=C\C/C=C\CC(O)/C=C\C=C\CCCC(=O)O[C@H](COC(=O)CCCCCCCCCCC(C)C)COP(=O)(O)OC[C@@H](O)COP(=O)(O)O. The van der Waals surface area contributed by atoms with E-state index in [9.17, 15) is 33.8 Å². The van der Waals surface area contributed by atoms with Gasteiger partial charge < -0.3 is 34.4 Å². The second kappa shape index (κ2) is 35.0. The van der Waals surface area contributed by atoms with Crippen molar-refractivity contribution in [2.24, 2.45) is 5.92 Å².